The van der Waals surface area contributed by atoms with E-state index >= 15 is 0 Å². The van der Waals surface area contributed by atoms with E-state index in [1.54, 1.807) is 0 Å². The maximum absolute atomic E-state index is 12.4. The van der Waals surface area contributed by atoms with Gasteiger partial charge in [0.05, 0.1) is 11.9 Å². The summed E-state index contributed by atoms with van der Waals surface area (Å²) in [4.78, 5) is 12.4. The number of rotatable bonds is 8. The molecular weight excluding hydrogens is 434 g/mol. The van der Waals surface area contributed by atoms with Crippen molar-refractivity contribution in [2.24, 2.45) is 0 Å². The van der Waals surface area contributed by atoms with Crippen molar-refractivity contribution in [1.82, 2.24) is 14.8 Å². The van der Waals surface area contributed by atoms with E-state index in [1.807, 2.05) is 60.0 Å². The molecule has 6 nitrogen and oxygen atoms in total. The van der Waals surface area contributed by atoms with Crippen LogP contribution in [0.5, 0.6) is 11.5 Å². The Balaban J connectivity index is 1.57. The minimum Gasteiger partial charge on any atom is -0.494 e. The van der Waals surface area contributed by atoms with Crippen molar-refractivity contribution in [3.8, 4) is 17.2 Å². The van der Waals surface area contributed by atoms with Gasteiger partial charge < -0.3 is 9.47 Å². The summed E-state index contributed by atoms with van der Waals surface area (Å²) >= 11 is 7.56. The Kier molecular flexibility index (Phi) is 7.14. The van der Waals surface area contributed by atoms with Crippen molar-refractivity contribution >= 4 is 29.1 Å². The van der Waals surface area contributed by atoms with Crippen molar-refractivity contribution < 1.29 is 14.3 Å². The van der Waals surface area contributed by atoms with Crippen LogP contribution in [0.15, 0.2) is 53.7 Å². The molecule has 1 heterocycles. The lowest BCUT2D eigenvalue weighted by atomic mass is 9.99. The fourth-order valence-corrected chi connectivity index (χ4v) is 4.79. The number of ketones is 1. The third-order valence-electron chi connectivity index (χ3n) is 5.03. The standard InChI is InChI=1S/C23H24ClN3O3S/c1-2-29-18-11-13-19(14-12-18)30-15-22-25-26-23(31-21-6-4-3-5-20(21)28)27(22)17-9-7-16(24)8-10-17/h7-14,21H,2-6,15H2,1H3. The van der Waals surface area contributed by atoms with E-state index in [4.69, 9.17) is 21.1 Å². The Morgan fingerprint density at radius 1 is 1.03 bits per heavy atom. The van der Waals surface area contributed by atoms with Crippen LogP contribution in [-0.2, 0) is 11.4 Å². The molecule has 1 aromatic heterocycles. The van der Waals surface area contributed by atoms with Gasteiger partial charge in [-0.1, -0.05) is 29.8 Å². The summed E-state index contributed by atoms with van der Waals surface area (Å²) < 4.78 is 13.4. The monoisotopic (exact) mass is 457 g/mol. The van der Waals surface area contributed by atoms with Crippen LogP contribution in [0.3, 0.4) is 0 Å². The van der Waals surface area contributed by atoms with Crippen molar-refractivity contribution in [3.63, 3.8) is 0 Å². The van der Waals surface area contributed by atoms with E-state index < -0.39 is 0 Å². The lowest BCUT2D eigenvalue weighted by molar-refractivity contribution is -0.119. The molecule has 0 aliphatic heterocycles. The van der Waals surface area contributed by atoms with E-state index in [9.17, 15) is 4.79 Å². The lowest BCUT2D eigenvalue weighted by Crippen LogP contribution is -2.22. The molecule has 31 heavy (non-hydrogen) atoms. The van der Waals surface area contributed by atoms with Crippen molar-refractivity contribution in [1.29, 1.82) is 0 Å². The molecule has 1 aliphatic rings. The van der Waals surface area contributed by atoms with Gasteiger partial charge >= 0.3 is 0 Å². The molecule has 4 rings (SSSR count). The molecule has 2 aromatic carbocycles. The fourth-order valence-electron chi connectivity index (χ4n) is 3.47. The molecule has 162 valence electrons. The quantitative estimate of drug-likeness (QED) is 0.444. The normalized spacial score (nSPS) is 16.3. The number of benzene rings is 2. The van der Waals surface area contributed by atoms with Gasteiger partial charge in [-0.15, -0.1) is 10.2 Å². The highest BCUT2D eigenvalue weighted by molar-refractivity contribution is 8.00. The molecule has 0 bridgehead atoms. The summed E-state index contributed by atoms with van der Waals surface area (Å²) in [5.74, 6) is 2.46. The molecule has 1 saturated carbocycles. The third-order valence-corrected chi connectivity index (χ3v) is 6.54. The average Bonchev–Trinajstić information content (AvgIpc) is 3.18. The highest BCUT2D eigenvalue weighted by Gasteiger charge is 2.26. The van der Waals surface area contributed by atoms with Gasteiger partial charge in [0.2, 0.25) is 0 Å². The van der Waals surface area contributed by atoms with E-state index in [1.165, 1.54) is 11.8 Å². The highest BCUT2D eigenvalue weighted by atomic mass is 35.5. The van der Waals surface area contributed by atoms with Crippen LogP contribution >= 0.6 is 23.4 Å². The summed E-state index contributed by atoms with van der Waals surface area (Å²) in [5.41, 5.74) is 0.880. The van der Waals surface area contributed by atoms with Crippen LogP contribution in [0.4, 0.5) is 0 Å². The van der Waals surface area contributed by atoms with Gasteiger partial charge in [-0.3, -0.25) is 9.36 Å². The summed E-state index contributed by atoms with van der Waals surface area (Å²) in [6, 6.07) is 15.0. The minimum absolute atomic E-state index is 0.0797. The number of aromatic nitrogens is 3. The third kappa shape index (κ3) is 5.40. The number of halogens is 1. The van der Waals surface area contributed by atoms with Gasteiger partial charge in [0.25, 0.3) is 0 Å². The molecular formula is C23H24ClN3O3S. The SMILES string of the molecule is CCOc1ccc(OCc2nnc(SC3CCCCC3=O)n2-c2ccc(Cl)cc2)cc1. The number of carbonyl (C=O) groups excluding carboxylic acids is 1. The van der Waals surface area contributed by atoms with Crippen LogP contribution in [0.2, 0.25) is 5.02 Å². The number of thioether (sulfide) groups is 1. The molecule has 0 saturated heterocycles. The van der Waals surface area contributed by atoms with E-state index in [-0.39, 0.29) is 17.6 Å². The second-order valence-corrected chi connectivity index (χ2v) is 8.83. The average molecular weight is 458 g/mol. The first-order chi connectivity index (χ1) is 15.1. The van der Waals surface area contributed by atoms with Gasteiger partial charge in [0.15, 0.2) is 11.0 Å². The number of ether oxygens (including phenoxy) is 2. The molecule has 3 aromatic rings. The zero-order valence-electron chi connectivity index (χ0n) is 17.3. The van der Waals surface area contributed by atoms with E-state index in [2.05, 4.69) is 10.2 Å². The second-order valence-electron chi connectivity index (χ2n) is 7.22. The Morgan fingerprint density at radius 3 is 2.42 bits per heavy atom. The lowest BCUT2D eigenvalue weighted by Gasteiger charge is -2.20. The second kappa shape index (κ2) is 10.2. The zero-order chi connectivity index (χ0) is 21.6. The molecule has 0 amide bonds. The van der Waals surface area contributed by atoms with E-state index in [0.717, 1.165) is 30.7 Å². The predicted molar refractivity (Wildman–Crippen MR) is 121 cm³/mol. The van der Waals surface area contributed by atoms with Gasteiger partial charge in [0, 0.05) is 17.1 Å². The molecule has 1 atom stereocenters. The molecule has 1 unspecified atom stereocenters. The summed E-state index contributed by atoms with van der Waals surface area (Å²) in [6.45, 7) is 2.81. The first-order valence-electron chi connectivity index (χ1n) is 10.4. The molecule has 0 radical (unpaired) electrons. The van der Waals surface area contributed by atoms with Gasteiger partial charge in [-0.05, 0) is 68.3 Å². The van der Waals surface area contributed by atoms with Gasteiger partial charge in [-0.2, -0.15) is 0 Å². The fraction of sp³-hybridized carbons (Fsp3) is 0.348. The Labute approximate surface area is 190 Å². The highest BCUT2D eigenvalue weighted by Crippen LogP contribution is 2.33. The van der Waals surface area contributed by atoms with Crippen molar-refractivity contribution in [2.45, 2.75) is 49.6 Å². The number of hydrogen-bond donors (Lipinski definition) is 0. The molecule has 1 fully saturated rings. The maximum atomic E-state index is 12.4. The first kappa shape index (κ1) is 21.7. The number of carbonyl (C=O) groups is 1. The topological polar surface area (TPSA) is 66.2 Å². The predicted octanol–water partition coefficient (Wildman–Crippen LogP) is 5.50. The molecule has 0 N–H and O–H groups in total. The van der Waals surface area contributed by atoms with Gasteiger partial charge in [0.1, 0.15) is 23.9 Å². The van der Waals surface area contributed by atoms with Gasteiger partial charge in [-0.25, -0.2) is 0 Å². The van der Waals surface area contributed by atoms with Crippen LogP contribution < -0.4 is 9.47 Å². The molecule has 0 spiro atoms. The van der Waals surface area contributed by atoms with Crippen LogP contribution in [0.25, 0.3) is 5.69 Å². The maximum Gasteiger partial charge on any atom is 0.196 e. The van der Waals surface area contributed by atoms with Crippen LogP contribution in [-0.4, -0.2) is 32.4 Å². The number of Topliss-reactive ketones (excluding diaryl/α,β-unsaturated/α-hetero) is 1. The summed E-state index contributed by atoms with van der Waals surface area (Å²) in [7, 11) is 0. The minimum atomic E-state index is -0.0797. The smallest absolute Gasteiger partial charge is 0.196 e. The molecule has 1 aliphatic carbocycles. The van der Waals surface area contributed by atoms with Crippen LogP contribution in [0, 0.1) is 0 Å². The number of nitrogens with zero attached hydrogens (tertiary/aromatic N) is 3. The Hall–Kier alpha value is -2.51. The van der Waals surface area contributed by atoms with E-state index in [0.29, 0.717) is 34.8 Å². The van der Waals surface area contributed by atoms with Crippen molar-refractivity contribution in [2.75, 3.05) is 6.61 Å². The first-order valence-corrected chi connectivity index (χ1v) is 11.6. The van der Waals surface area contributed by atoms with Crippen LogP contribution in [0.1, 0.15) is 38.4 Å². The summed E-state index contributed by atoms with van der Waals surface area (Å²) in [5, 5.41) is 10.0. The zero-order valence-corrected chi connectivity index (χ0v) is 18.9. The Bertz CT molecular complexity index is 1020. The largest absolute Gasteiger partial charge is 0.494 e. The number of hydrogen-bond acceptors (Lipinski definition) is 6. The molecule has 8 heteroatoms. The summed E-state index contributed by atoms with van der Waals surface area (Å²) in [6.07, 6.45) is 3.54. The Morgan fingerprint density at radius 2 is 1.74 bits per heavy atom. The van der Waals surface area contributed by atoms with Crippen molar-refractivity contribution in [3.05, 3.63) is 59.4 Å².